The number of anilines is 1. The molecule has 0 aliphatic carbocycles. The first-order valence-corrected chi connectivity index (χ1v) is 12.3. The third kappa shape index (κ3) is 5.54. The SMILES string of the molecule is O=C(Nc1cc(S(=O)(=O)N2CCOCC2)ccc1Cl)NC(c1ccccc1)c1ccccc1. The molecule has 1 fully saturated rings. The number of nitrogens with zero attached hydrogens (tertiary/aromatic N) is 1. The van der Waals surface area contributed by atoms with Crippen molar-refractivity contribution in [3.05, 3.63) is 95.0 Å². The van der Waals surface area contributed by atoms with Crippen molar-refractivity contribution in [2.75, 3.05) is 31.6 Å². The molecule has 1 heterocycles. The zero-order chi connectivity index (χ0) is 23.3. The summed E-state index contributed by atoms with van der Waals surface area (Å²) in [6.07, 6.45) is 0. The van der Waals surface area contributed by atoms with Crippen molar-refractivity contribution in [1.82, 2.24) is 9.62 Å². The van der Waals surface area contributed by atoms with Gasteiger partial charge in [-0.05, 0) is 29.3 Å². The Balaban J connectivity index is 1.55. The van der Waals surface area contributed by atoms with E-state index in [1.54, 1.807) is 0 Å². The highest BCUT2D eigenvalue weighted by molar-refractivity contribution is 7.89. The number of rotatable bonds is 6. The second kappa shape index (κ2) is 10.4. The van der Waals surface area contributed by atoms with Crippen LogP contribution in [0.15, 0.2) is 83.8 Å². The minimum absolute atomic E-state index is 0.0618. The summed E-state index contributed by atoms with van der Waals surface area (Å²) in [4.78, 5) is 13.0. The number of carbonyl (C=O) groups excluding carboxylic acids is 1. The highest BCUT2D eigenvalue weighted by Gasteiger charge is 2.27. The average Bonchev–Trinajstić information content (AvgIpc) is 2.85. The predicted molar refractivity (Wildman–Crippen MR) is 128 cm³/mol. The van der Waals surface area contributed by atoms with Crippen LogP contribution in [-0.2, 0) is 14.8 Å². The molecule has 0 bridgehead atoms. The van der Waals surface area contributed by atoms with Crippen molar-refractivity contribution in [2.24, 2.45) is 0 Å². The molecular formula is C24H24ClN3O4S. The number of hydrogen-bond acceptors (Lipinski definition) is 4. The van der Waals surface area contributed by atoms with Crippen molar-refractivity contribution >= 4 is 33.3 Å². The molecule has 0 radical (unpaired) electrons. The van der Waals surface area contributed by atoms with E-state index in [0.717, 1.165) is 11.1 Å². The standard InChI is InChI=1S/C24H24ClN3O4S/c25-21-12-11-20(33(30,31)28-13-15-32-16-14-28)17-22(21)26-24(29)27-23(18-7-3-1-4-8-18)19-9-5-2-6-10-19/h1-12,17,23H,13-16H2,(H2,26,27,29). The second-order valence-electron chi connectivity index (χ2n) is 7.51. The lowest BCUT2D eigenvalue weighted by Gasteiger charge is -2.26. The molecule has 1 aliphatic heterocycles. The molecule has 4 rings (SSSR count). The van der Waals surface area contributed by atoms with Crippen LogP contribution in [0.2, 0.25) is 5.02 Å². The largest absolute Gasteiger partial charge is 0.379 e. The number of hydrogen-bond donors (Lipinski definition) is 2. The Morgan fingerprint density at radius 2 is 1.48 bits per heavy atom. The van der Waals surface area contributed by atoms with Crippen LogP contribution in [0.4, 0.5) is 10.5 Å². The van der Waals surface area contributed by atoms with Crippen LogP contribution in [-0.4, -0.2) is 45.1 Å². The number of nitrogens with one attached hydrogen (secondary N) is 2. The molecule has 0 spiro atoms. The van der Waals surface area contributed by atoms with Gasteiger partial charge in [0.25, 0.3) is 0 Å². The molecule has 0 unspecified atom stereocenters. The highest BCUT2D eigenvalue weighted by atomic mass is 35.5. The fourth-order valence-corrected chi connectivity index (χ4v) is 5.24. The van der Waals surface area contributed by atoms with E-state index in [1.165, 1.54) is 22.5 Å². The van der Waals surface area contributed by atoms with Crippen LogP contribution < -0.4 is 10.6 Å². The van der Waals surface area contributed by atoms with Gasteiger partial charge in [-0.3, -0.25) is 0 Å². The van der Waals surface area contributed by atoms with Gasteiger partial charge in [0, 0.05) is 13.1 Å². The lowest BCUT2D eigenvalue weighted by Crippen LogP contribution is -2.40. The van der Waals surface area contributed by atoms with E-state index in [4.69, 9.17) is 16.3 Å². The van der Waals surface area contributed by atoms with Gasteiger partial charge in [0.2, 0.25) is 10.0 Å². The first kappa shape index (κ1) is 23.3. The molecule has 0 atom stereocenters. The molecule has 0 saturated carbocycles. The van der Waals surface area contributed by atoms with E-state index < -0.39 is 22.1 Å². The Labute approximate surface area is 198 Å². The third-order valence-electron chi connectivity index (χ3n) is 5.34. The molecule has 1 aliphatic rings. The van der Waals surface area contributed by atoms with Gasteiger partial charge >= 0.3 is 6.03 Å². The topological polar surface area (TPSA) is 87.7 Å². The number of morpholine rings is 1. The van der Waals surface area contributed by atoms with Crippen molar-refractivity contribution in [2.45, 2.75) is 10.9 Å². The maximum absolute atomic E-state index is 13.0. The Morgan fingerprint density at radius 3 is 2.06 bits per heavy atom. The van der Waals surface area contributed by atoms with Crippen LogP contribution in [0.25, 0.3) is 0 Å². The minimum atomic E-state index is -3.72. The monoisotopic (exact) mass is 485 g/mol. The molecule has 0 aromatic heterocycles. The summed E-state index contributed by atoms with van der Waals surface area (Å²) in [6.45, 7) is 1.26. The van der Waals surface area contributed by atoms with Crippen molar-refractivity contribution in [3.8, 4) is 0 Å². The maximum Gasteiger partial charge on any atom is 0.320 e. The van der Waals surface area contributed by atoms with Crippen LogP contribution in [0, 0.1) is 0 Å². The van der Waals surface area contributed by atoms with E-state index in [2.05, 4.69) is 10.6 Å². The van der Waals surface area contributed by atoms with E-state index in [-0.39, 0.29) is 28.7 Å². The summed E-state index contributed by atoms with van der Waals surface area (Å²) in [5.74, 6) is 0. The molecule has 9 heteroatoms. The summed E-state index contributed by atoms with van der Waals surface area (Å²) in [6, 6.07) is 22.5. The lowest BCUT2D eigenvalue weighted by molar-refractivity contribution is 0.0730. The Bertz CT molecular complexity index is 1160. The van der Waals surface area contributed by atoms with Gasteiger partial charge in [-0.25, -0.2) is 13.2 Å². The molecule has 2 N–H and O–H groups in total. The van der Waals surface area contributed by atoms with Gasteiger partial charge in [0.1, 0.15) is 0 Å². The molecular weight excluding hydrogens is 462 g/mol. The number of benzene rings is 3. The second-order valence-corrected chi connectivity index (χ2v) is 9.86. The fourth-order valence-electron chi connectivity index (χ4n) is 3.64. The van der Waals surface area contributed by atoms with Crippen LogP contribution in [0.5, 0.6) is 0 Å². The summed E-state index contributed by atoms with van der Waals surface area (Å²) >= 11 is 6.28. The van der Waals surface area contributed by atoms with Crippen molar-refractivity contribution < 1.29 is 17.9 Å². The van der Waals surface area contributed by atoms with E-state index in [1.807, 2.05) is 60.7 Å². The van der Waals surface area contributed by atoms with E-state index in [0.29, 0.717) is 13.2 Å². The first-order chi connectivity index (χ1) is 15.9. The molecule has 3 aromatic carbocycles. The van der Waals surface area contributed by atoms with Gasteiger partial charge in [-0.2, -0.15) is 4.31 Å². The first-order valence-electron chi connectivity index (χ1n) is 10.5. The van der Waals surface area contributed by atoms with Gasteiger partial charge in [-0.15, -0.1) is 0 Å². The Morgan fingerprint density at radius 1 is 0.909 bits per heavy atom. The molecule has 2 amide bonds. The number of urea groups is 1. The number of sulfonamides is 1. The summed E-state index contributed by atoms with van der Waals surface area (Å²) in [7, 11) is -3.72. The molecule has 1 saturated heterocycles. The number of halogens is 1. The lowest BCUT2D eigenvalue weighted by atomic mass is 9.99. The molecule has 3 aromatic rings. The summed E-state index contributed by atoms with van der Waals surface area (Å²) in [5, 5.41) is 5.91. The number of amides is 2. The van der Waals surface area contributed by atoms with Crippen molar-refractivity contribution in [1.29, 1.82) is 0 Å². The van der Waals surface area contributed by atoms with E-state index >= 15 is 0 Å². The molecule has 172 valence electrons. The van der Waals surface area contributed by atoms with Crippen LogP contribution >= 0.6 is 11.6 Å². The summed E-state index contributed by atoms with van der Waals surface area (Å²) in [5.41, 5.74) is 2.03. The van der Waals surface area contributed by atoms with Crippen molar-refractivity contribution in [3.63, 3.8) is 0 Å². The van der Waals surface area contributed by atoms with Gasteiger partial charge < -0.3 is 15.4 Å². The van der Waals surface area contributed by atoms with Gasteiger partial charge in [0.15, 0.2) is 0 Å². The number of ether oxygens (including phenoxy) is 1. The van der Waals surface area contributed by atoms with E-state index in [9.17, 15) is 13.2 Å². The zero-order valence-corrected chi connectivity index (χ0v) is 19.4. The molecule has 33 heavy (non-hydrogen) atoms. The van der Waals surface area contributed by atoms with Gasteiger partial charge in [-0.1, -0.05) is 72.3 Å². The smallest absolute Gasteiger partial charge is 0.320 e. The predicted octanol–water partition coefficient (Wildman–Crippen LogP) is 4.27. The third-order valence-corrected chi connectivity index (χ3v) is 7.56. The number of carbonyl (C=O) groups is 1. The molecule has 7 nitrogen and oxygen atoms in total. The normalized spacial score (nSPS) is 14.7. The summed E-state index contributed by atoms with van der Waals surface area (Å²) < 4.78 is 32.6. The fraction of sp³-hybridized carbons (Fsp3) is 0.208. The highest BCUT2D eigenvalue weighted by Crippen LogP contribution is 2.28. The van der Waals surface area contributed by atoms with Crippen LogP contribution in [0.3, 0.4) is 0 Å². The maximum atomic E-state index is 13.0. The minimum Gasteiger partial charge on any atom is -0.379 e. The van der Waals surface area contributed by atoms with Crippen LogP contribution in [0.1, 0.15) is 17.2 Å². The zero-order valence-electron chi connectivity index (χ0n) is 17.8. The van der Waals surface area contributed by atoms with Gasteiger partial charge in [0.05, 0.1) is 34.9 Å². The Kier molecular flexibility index (Phi) is 7.29. The quantitative estimate of drug-likeness (QED) is 0.545. The Hall–Kier alpha value is -2.91. The average molecular weight is 486 g/mol.